The van der Waals surface area contributed by atoms with Crippen molar-refractivity contribution in [1.82, 2.24) is 0 Å². The molecule has 0 aromatic rings. The molecule has 2 unspecified atom stereocenters. The number of hydrogen-bond acceptors (Lipinski definition) is 4. The molecule has 106 valence electrons. The van der Waals surface area contributed by atoms with E-state index in [4.69, 9.17) is 9.47 Å². The number of ether oxygens (including phenoxy) is 2. The van der Waals surface area contributed by atoms with Gasteiger partial charge in [-0.1, -0.05) is 20.8 Å². The van der Waals surface area contributed by atoms with Crippen LogP contribution >= 0.6 is 0 Å². The van der Waals surface area contributed by atoms with Crippen LogP contribution in [0, 0.1) is 11.8 Å². The van der Waals surface area contributed by atoms with Crippen LogP contribution < -0.4 is 0 Å². The van der Waals surface area contributed by atoms with Crippen molar-refractivity contribution in [3.63, 3.8) is 0 Å². The summed E-state index contributed by atoms with van der Waals surface area (Å²) in [4.78, 5) is 21.7. The Morgan fingerprint density at radius 3 is 2.06 bits per heavy atom. The van der Waals surface area contributed by atoms with Crippen LogP contribution in [-0.2, 0) is 19.1 Å². The fraction of sp³-hybridized carbons (Fsp3) is 0.857. The summed E-state index contributed by atoms with van der Waals surface area (Å²) < 4.78 is 10.2. The Hall–Kier alpha value is -1.06. The third-order valence-corrected chi connectivity index (χ3v) is 2.65. The quantitative estimate of drug-likeness (QED) is 0.628. The summed E-state index contributed by atoms with van der Waals surface area (Å²) >= 11 is 0. The maximum Gasteiger partial charge on any atom is 0.302 e. The van der Waals surface area contributed by atoms with Crippen molar-refractivity contribution >= 4 is 11.9 Å². The van der Waals surface area contributed by atoms with Crippen molar-refractivity contribution in [2.45, 2.75) is 60.0 Å². The lowest BCUT2D eigenvalue weighted by molar-refractivity contribution is -0.147. The lowest BCUT2D eigenvalue weighted by Gasteiger charge is -2.22. The first kappa shape index (κ1) is 16.9. The van der Waals surface area contributed by atoms with Crippen LogP contribution in [-0.4, -0.2) is 24.6 Å². The van der Waals surface area contributed by atoms with Gasteiger partial charge in [-0.05, 0) is 31.1 Å². The van der Waals surface area contributed by atoms with Crippen molar-refractivity contribution in [3.05, 3.63) is 0 Å². The van der Waals surface area contributed by atoms with Crippen LogP contribution in [0.1, 0.15) is 53.9 Å². The number of esters is 2. The van der Waals surface area contributed by atoms with Crippen molar-refractivity contribution < 1.29 is 19.1 Å². The van der Waals surface area contributed by atoms with Gasteiger partial charge < -0.3 is 9.47 Å². The van der Waals surface area contributed by atoms with Crippen LogP contribution in [0.15, 0.2) is 0 Å². The van der Waals surface area contributed by atoms with Crippen LogP contribution in [0.4, 0.5) is 0 Å². The van der Waals surface area contributed by atoms with Crippen molar-refractivity contribution in [2.24, 2.45) is 11.8 Å². The molecule has 0 heterocycles. The zero-order chi connectivity index (χ0) is 14.1. The SMILES string of the molecule is CC(=O)OCCC(C)CC(CC(C)C)OC(C)=O. The Morgan fingerprint density at radius 1 is 1.00 bits per heavy atom. The highest BCUT2D eigenvalue weighted by atomic mass is 16.5. The van der Waals surface area contributed by atoms with E-state index in [1.165, 1.54) is 13.8 Å². The predicted octanol–water partition coefficient (Wildman–Crippen LogP) is 2.94. The molecule has 4 heteroatoms. The fourth-order valence-electron chi connectivity index (χ4n) is 1.92. The molecule has 0 aliphatic rings. The Labute approximate surface area is 110 Å². The molecule has 0 saturated carbocycles. The molecule has 18 heavy (non-hydrogen) atoms. The van der Waals surface area contributed by atoms with Gasteiger partial charge in [-0.25, -0.2) is 0 Å². The predicted molar refractivity (Wildman–Crippen MR) is 70.0 cm³/mol. The molecule has 0 saturated heterocycles. The third-order valence-electron chi connectivity index (χ3n) is 2.65. The van der Waals surface area contributed by atoms with Crippen LogP contribution in [0.2, 0.25) is 0 Å². The van der Waals surface area contributed by atoms with E-state index in [9.17, 15) is 9.59 Å². The molecule has 0 aliphatic carbocycles. The average molecular weight is 258 g/mol. The minimum Gasteiger partial charge on any atom is -0.466 e. The summed E-state index contributed by atoms with van der Waals surface area (Å²) in [5.41, 5.74) is 0. The maximum atomic E-state index is 11.0. The molecule has 0 bridgehead atoms. The summed E-state index contributed by atoms with van der Waals surface area (Å²) in [6, 6.07) is 0. The van der Waals surface area contributed by atoms with Crippen molar-refractivity contribution in [2.75, 3.05) is 6.61 Å². The van der Waals surface area contributed by atoms with Crippen LogP contribution in [0.5, 0.6) is 0 Å². The van der Waals surface area contributed by atoms with Gasteiger partial charge in [0, 0.05) is 13.8 Å². The minimum absolute atomic E-state index is 0.0326. The Balaban J connectivity index is 4.04. The number of rotatable bonds is 8. The highest BCUT2D eigenvalue weighted by Crippen LogP contribution is 2.19. The Kier molecular flexibility index (Phi) is 8.42. The first-order valence-electron chi connectivity index (χ1n) is 6.61. The second-order valence-electron chi connectivity index (χ2n) is 5.33. The molecule has 4 nitrogen and oxygen atoms in total. The van der Waals surface area contributed by atoms with Crippen molar-refractivity contribution in [3.8, 4) is 0 Å². The van der Waals surface area contributed by atoms with Crippen LogP contribution in [0.25, 0.3) is 0 Å². The van der Waals surface area contributed by atoms with Crippen molar-refractivity contribution in [1.29, 1.82) is 0 Å². The highest BCUT2D eigenvalue weighted by molar-refractivity contribution is 5.66. The monoisotopic (exact) mass is 258 g/mol. The molecular formula is C14H26O4. The largest absolute Gasteiger partial charge is 0.466 e. The summed E-state index contributed by atoms with van der Waals surface area (Å²) in [6.07, 6.45) is 2.46. The molecule has 0 rings (SSSR count). The third kappa shape index (κ3) is 10.1. The topological polar surface area (TPSA) is 52.6 Å². The summed E-state index contributed by atoms with van der Waals surface area (Å²) in [7, 11) is 0. The van der Waals surface area contributed by atoms with Gasteiger partial charge >= 0.3 is 11.9 Å². The van der Waals surface area contributed by atoms with Gasteiger partial charge in [-0.15, -0.1) is 0 Å². The van der Waals surface area contributed by atoms with Gasteiger partial charge in [0.2, 0.25) is 0 Å². The van der Waals surface area contributed by atoms with Gasteiger partial charge in [0.1, 0.15) is 6.10 Å². The zero-order valence-corrected chi connectivity index (χ0v) is 12.2. The number of carbonyl (C=O) groups is 2. The number of carbonyl (C=O) groups excluding carboxylic acids is 2. The van der Waals surface area contributed by atoms with E-state index < -0.39 is 0 Å². The van der Waals surface area contributed by atoms with E-state index in [1.54, 1.807) is 0 Å². The molecule has 0 aliphatic heterocycles. The molecule has 0 spiro atoms. The Bertz CT molecular complexity index is 261. The molecule has 0 amide bonds. The van der Waals surface area contributed by atoms with E-state index in [-0.39, 0.29) is 18.0 Å². The second kappa shape index (κ2) is 8.95. The minimum atomic E-state index is -0.249. The smallest absolute Gasteiger partial charge is 0.302 e. The number of hydrogen-bond donors (Lipinski definition) is 0. The maximum absolute atomic E-state index is 11.0. The standard InChI is InChI=1S/C14H26O4/c1-10(2)8-14(18-13(5)16)9-11(3)6-7-17-12(4)15/h10-11,14H,6-9H2,1-5H3. The van der Waals surface area contributed by atoms with E-state index >= 15 is 0 Å². The lowest BCUT2D eigenvalue weighted by Crippen LogP contribution is -2.22. The van der Waals surface area contributed by atoms with E-state index in [0.717, 1.165) is 19.3 Å². The van der Waals surface area contributed by atoms with Gasteiger partial charge in [0.05, 0.1) is 6.61 Å². The Morgan fingerprint density at radius 2 is 1.61 bits per heavy atom. The zero-order valence-electron chi connectivity index (χ0n) is 12.2. The van der Waals surface area contributed by atoms with E-state index in [2.05, 4.69) is 20.8 Å². The molecule has 0 radical (unpaired) electrons. The molecule has 0 N–H and O–H groups in total. The lowest BCUT2D eigenvalue weighted by atomic mass is 9.95. The average Bonchev–Trinajstić information content (AvgIpc) is 2.13. The molecular weight excluding hydrogens is 232 g/mol. The second-order valence-corrected chi connectivity index (χ2v) is 5.33. The van der Waals surface area contributed by atoms with Gasteiger partial charge in [-0.2, -0.15) is 0 Å². The molecule has 2 atom stereocenters. The van der Waals surface area contributed by atoms with E-state index in [1.807, 2.05) is 0 Å². The summed E-state index contributed by atoms with van der Waals surface area (Å²) in [5.74, 6) is 0.385. The first-order chi connectivity index (χ1) is 8.31. The van der Waals surface area contributed by atoms with Gasteiger partial charge in [0.15, 0.2) is 0 Å². The molecule has 0 aromatic heterocycles. The highest BCUT2D eigenvalue weighted by Gasteiger charge is 2.17. The molecule has 0 fully saturated rings. The van der Waals surface area contributed by atoms with Gasteiger partial charge in [-0.3, -0.25) is 9.59 Å². The molecule has 0 aromatic carbocycles. The van der Waals surface area contributed by atoms with Crippen LogP contribution in [0.3, 0.4) is 0 Å². The van der Waals surface area contributed by atoms with E-state index in [0.29, 0.717) is 18.4 Å². The normalized spacial score (nSPS) is 14.1. The fourth-order valence-corrected chi connectivity index (χ4v) is 1.92. The first-order valence-corrected chi connectivity index (χ1v) is 6.61. The summed E-state index contributed by atoms with van der Waals surface area (Å²) in [6.45, 7) is 9.59. The summed E-state index contributed by atoms with van der Waals surface area (Å²) in [5, 5.41) is 0. The van der Waals surface area contributed by atoms with Gasteiger partial charge in [0.25, 0.3) is 0 Å².